The number of aliphatic hydroxyl groups is 1. The van der Waals surface area contributed by atoms with Crippen LogP contribution in [0.1, 0.15) is 12.0 Å². The van der Waals surface area contributed by atoms with Crippen molar-refractivity contribution < 1.29 is 5.11 Å². The first-order chi connectivity index (χ1) is 8.04. The Morgan fingerprint density at radius 2 is 1.88 bits per heavy atom. The third-order valence-electron chi connectivity index (χ3n) is 2.75. The van der Waals surface area contributed by atoms with E-state index in [1.807, 2.05) is 18.2 Å². The molecule has 1 N–H and O–H groups in total. The van der Waals surface area contributed by atoms with E-state index in [0.717, 1.165) is 30.8 Å². The molecule has 0 aliphatic rings. The van der Waals surface area contributed by atoms with Crippen molar-refractivity contribution in [1.82, 2.24) is 4.90 Å². The molecule has 0 heterocycles. The number of hydrogen-bond donors (Lipinski definition) is 1. The molecule has 0 bridgehead atoms. The molecule has 0 radical (unpaired) electrons. The number of anilines is 1. The van der Waals surface area contributed by atoms with Gasteiger partial charge in [0, 0.05) is 24.3 Å². The lowest BCUT2D eigenvalue weighted by molar-refractivity contribution is 0.282. The van der Waals surface area contributed by atoms with Gasteiger partial charge in [0.1, 0.15) is 0 Å². The Morgan fingerprint density at radius 3 is 2.41 bits per heavy atom. The van der Waals surface area contributed by atoms with Crippen LogP contribution in [0.3, 0.4) is 0 Å². The Morgan fingerprint density at radius 1 is 1.18 bits per heavy atom. The second-order valence-corrected chi connectivity index (χ2v) is 4.92. The molecule has 0 unspecified atom stereocenters. The fraction of sp³-hybridized carbons (Fsp3) is 0.538. The average Bonchev–Trinajstić information content (AvgIpc) is 2.28. The smallest absolute Gasteiger partial charge is 0.0696 e. The van der Waals surface area contributed by atoms with E-state index in [4.69, 9.17) is 16.7 Å². The summed E-state index contributed by atoms with van der Waals surface area (Å²) >= 11 is 6.06. The molecule has 3 nitrogen and oxygen atoms in total. The first kappa shape index (κ1) is 14.3. The third-order valence-corrected chi connectivity index (χ3v) is 3.10. The molecule has 4 heteroatoms. The van der Waals surface area contributed by atoms with E-state index in [-0.39, 0.29) is 6.61 Å². The summed E-state index contributed by atoms with van der Waals surface area (Å²) in [6.07, 6.45) is 1.11. The highest BCUT2D eigenvalue weighted by Gasteiger charge is 2.05. The molecule has 0 fully saturated rings. The molecule has 0 atom stereocenters. The SMILES string of the molecule is CN(C)CCCN(C)c1ccc(CO)c(Cl)c1. The van der Waals surface area contributed by atoms with Crippen LogP contribution in [0.25, 0.3) is 0 Å². The van der Waals surface area contributed by atoms with Crippen molar-refractivity contribution in [3.63, 3.8) is 0 Å². The molecule has 0 saturated carbocycles. The maximum Gasteiger partial charge on any atom is 0.0696 e. The van der Waals surface area contributed by atoms with Crippen LogP contribution in [0.15, 0.2) is 18.2 Å². The predicted molar refractivity (Wildman–Crippen MR) is 73.8 cm³/mol. The van der Waals surface area contributed by atoms with Gasteiger partial charge in [0.25, 0.3) is 0 Å². The maximum absolute atomic E-state index is 9.05. The van der Waals surface area contributed by atoms with E-state index in [1.165, 1.54) is 0 Å². The van der Waals surface area contributed by atoms with Crippen LogP contribution in [0.5, 0.6) is 0 Å². The van der Waals surface area contributed by atoms with Crippen LogP contribution >= 0.6 is 11.6 Å². The highest BCUT2D eigenvalue weighted by atomic mass is 35.5. The van der Waals surface area contributed by atoms with E-state index in [2.05, 4.69) is 30.9 Å². The van der Waals surface area contributed by atoms with Crippen LogP contribution < -0.4 is 4.90 Å². The largest absolute Gasteiger partial charge is 0.392 e. The van der Waals surface area contributed by atoms with Gasteiger partial charge in [0.15, 0.2) is 0 Å². The summed E-state index contributed by atoms with van der Waals surface area (Å²) in [7, 11) is 6.21. The van der Waals surface area contributed by atoms with Gasteiger partial charge in [0.05, 0.1) is 6.61 Å². The molecule has 1 aromatic carbocycles. The van der Waals surface area contributed by atoms with Crippen molar-refractivity contribution in [3.8, 4) is 0 Å². The van der Waals surface area contributed by atoms with Crippen molar-refractivity contribution in [1.29, 1.82) is 0 Å². The van der Waals surface area contributed by atoms with E-state index in [1.54, 1.807) is 0 Å². The summed E-state index contributed by atoms with van der Waals surface area (Å²) in [5.74, 6) is 0. The first-order valence-corrected chi connectivity index (χ1v) is 6.17. The summed E-state index contributed by atoms with van der Waals surface area (Å²) in [4.78, 5) is 4.35. The molecule has 0 aliphatic carbocycles. The molecule has 0 aliphatic heterocycles. The zero-order chi connectivity index (χ0) is 12.8. The lowest BCUT2D eigenvalue weighted by Gasteiger charge is -2.21. The third kappa shape index (κ3) is 4.54. The van der Waals surface area contributed by atoms with Crippen LogP contribution in [0.2, 0.25) is 5.02 Å². The first-order valence-electron chi connectivity index (χ1n) is 5.79. The van der Waals surface area contributed by atoms with Gasteiger partial charge in [-0.05, 0) is 44.8 Å². The van der Waals surface area contributed by atoms with Gasteiger partial charge >= 0.3 is 0 Å². The van der Waals surface area contributed by atoms with Crippen molar-refractivity contribution in [3.05, 3.63) is 28.8 Å². The summed E-state index contributed by atoms with van der Waals surface area (Å²) in [5, 5.41) is 9.68. The van der Waals surface area contributed by atoms with Gasteiger partial charge in [0.2, 0.25) is 0 Å². The quantitative estimate of drug-likeness (QED) is 0.846. The molecule has 0 amide bonds. The second-order valence-electron chi connectivity index (χ2n) is 4.51. The number of aliphatic hydroxyl groups excluding tert-OH is 1. The van der Waals surface area contributed by atoms with E-state index >= 15 is 0 Å². The van der Waals surface area contributed by atoms with E-state index < -0.39 is 0 Å². The van der Waals surface area contributed by atoms with Crippen molar-refractivity contribution >= 4 is 17.3 Å². The summed E-state index contributed by atoms with van der Waals surface area (Å²) in [5.41, 5.74) is 1.86. The van der Waals surface area contributed by atoms with Gasteiger partial charge in [-0.3, -0.25) is 0 Å². The Labute approximate surface area is 109 Å². The minimum atomic E-state index is -0.0105. The van der Waals surface area contributed by atoms with Gasteiger partial charge in [-0.1, -0.05) is 17.7 Å². The Balaban J connectivity index is 2.57. The van der Waals surface area contributed by atoms with E-state index in [9.17, 15) is 0 Å². The van der Waals surface area contributed by atoms with Gasteiger partial charge in [-0.2, -0.15) is 0 Å². The Bertz CT molecular complexity index is 355. The lowest BCUT2D eigenvalue weighted by atomic mass is 10.2. The van der Waals surface area contributed by atoms with Gasteiger partial charge < -0.3 is 14.9 Å². The lowest BCUT2D eigenvalue weighted by Crippen LogP contribution is -2.23. The Hall–Kier alpha value is -0.770. The summed E-state index contributed by atoms with van der Waals surface area (Å²) < 4.78 is 0. The maximum atomic E-state index is 9.05. The van der Waals surface area contributed by atoms with Gasteiger partial charge in [-0.15, -0.1) is 0 Å². The number of rotatable bonds is 6. The van der Waals surface area contributed by atoms with Crippen LogP contribution in [-0.4, -0.2) is 44.2 Å². The zero-order valence-corrected chi connectivity index (χ0v) is 11.5. The van der Waals surface area contributed by atoms with Crippen molar-refractivity contribution in [2.75, 3.05) is 39.1 Å². The second kappa shape index (κ2) is 6.84. The summed E-state index contributed by atoms with van der Waals surface area (Å²) in [6.45, 7) is 2.06. The van der Waals surface area contributed by atoms with Crippen molar-refractivity contribution in [2.24, 2.45) is 0 Å². The number of nitrogens with zero attached hydrogens (tertiary/aromatic N) is 2. The fourth-order valence-electron chi connectivity index (χ4n) is 1.66. The molecule has 1 aromatic rings. The summed E-state index contributed by atoms with van der Waals surface area (Å²) in [6, 6.07) is 5.77. The number of hydrogen-bond acceptors (Lipinski definition) is 3. The fourth-order valence-corrected chi connectivity index (χ4v) is 1.89. The predicted octanol–water partition coefficient (Wildman–Crippen LogP) is 2.22. The average molecular weight is 257 g/mol. The minimum absolute atomic E-state index is 0.0105. The molecule has 17 heavy (non-hydrogen) atoms. The van der Waals surface area contributed by atoms with Crippen LogP contribution in [0, 0.1) is 0 Å². The molecule has 0 spiro atoms. The van der Waals surface area contributed by atoms with Crippen LogP contribution in [0.4, 0.5) is 5.69 Å². The van der Waals surface area contributed by atoms with Gasteiger partial charge in [-0.25, -0.2) is 0 Å². The molecule has 0 saturated heterocycles. The highest BCUT2D eigenvalue weighted by Crippen LogP contribution is 2.23. The molecular weight excluding hydrogens is 236 g/mol. The zero-order valence-electron chi connectivity index (χ0n) is 10.8. The minimum Gasteiger partial charge on any atom is -0.392 e. The number of benzene rings is 1. The highest BCUT2D eigenvalue weighted by molar-refractivity contribution is 6.31. The van der Waals surface area contributed by atoms with Crippen molar-refractivity contribution in [2.45, 2.75) is 13.0 Å². The van der Waals surface area contributed by atoms with E-state index in [0.29, 0.717) is 5.02 Å². The Kier molecular flexibility index (Phi) is 5.75. The van der Waals surface area contributed by atoms with Crippen LogP contribution in [-0.2, 0) is 6.61 Å². The topological polar surface area (TPSA) is 26.7 Å². The molecule has 96 valence electrons. The molecule has 0 aromatic heterocycles. The standard InChI is InChI=1S/C13H21ClN2O/c1-15(2)7-4-8-16(3)12-6-5-11(10-17)13(14)9-12/h5-6,9,17H,4,7-8,10H2,1-3H3. The monoisotopic (exact) mass is 256 g/mol. The normalized spacial score (nSPS) is 10.9. The number of halogens is 1. The molecular formula is C13H21ClN2O. The molecule has 1 rings (SSSR count).